The second-order valence-corrected chi connectivity index (χ2v) is 10.9. The van der Waals surface area contributed by atoms with Crippen molar-refractivity contribution in [2.24, 2.45) is 0 Å². The molecule has 0 aliphatic heterocycles. The molecule has 0 aromatic heterocycles. The molecule has 0 fully saturated rings. The first-order valence-electron chi connectivity index (χ1n) is 14.2. The lowest BCUT2D eigenvalue weighted by Crippen LogP contribution is -2.30. The second-order valence-electron chi connectivity index (χ2n) is 10.9. The highest BCUT2D eigenvalue weighted by atomic mass is 14.5. The summed E-state index contributed by atoms with van der Waals surface area (Å²) in [5, 5.41) is 0. The fraction of sp³-hybridized carbons (Fsp3) is 0.150. The highest BCUT2D eigenvalue weighted by Crippen LogP contribution is 2.57. The molecule has 1 atom stereocenters. The van der Waals surface area contributed by atoms with Crippen molar-refractivity contribution < 1.29 is 0 Å². The van der Waals surface area contributed by atoms with Crippen LogP contribution in [0.1, 0.15) is 53.1 Å². The zero-order chi connectivity index (χ0) is 27.5. The summed E-state index contributed by atoms with van der Waals surface area (Å²) in [6.07, 6.45) is 18.9. The fourth-order valence-corrected chi connectivity index (χ4v) is 6.74. The topological polar surface area (TPSA) is 0 Å². The van der Waals surface area contributed by atoms with Gasteiger partial charge in [-0.05, 0) is 94.8 Å². The van der Waals surface area contributed by atoms with Crippen LogP contribution in [-0.4, -0.2) is 0 Å². The lowest BCUT2D eigenvalue weighted by atomic mass is 9.65. The Balaban J connectivity index is 1.45. The first kappa shape index (κ1) is 25.7. The minimum Gasteiger partial charge on any atom is -0.115 e. The number of fused-ring (bicyclic) bond motifs is 2. The predicted molar refractivity (Wildman–Crippen MR) is 170 cm³/mol. The molecule has 0 nitrogen and oxygen atoms in total. The van der Waals surface area contributed by atoms with E-state index in [-0.39, 0.29) is 5.41 Å². The van der Waals surface area contributed by atoms with Crippen LogP contribution in [-0.2, 0) is 11.8 Å². The van der Waals surface area contributed by atoms with Crippen molar-refractivity contribution in [2.75, 3.05) is 0 Å². The molecule has 0 bridgehead atoms. The van der Waals surface area contributed by atoms with Crippen molar-refractivity contribution in [3.8, 4) is 23.5 Å². The quantitative estimate of drug-likeness (QED) is 0.177. The summed E-state index contributed by atoms with van der Waals surface area (Å²) in [7, 11) is 0. The molecule has 0 saturated carbocycles. The molecular formula is C40H34. The Labute approximate surface area is 239 Å². The number of terminal acetylenes is 1. The predicted octanol–water partition coefficient (Wildman–Crippen LogP) is 9.79. The molecule has 0 N–H and O–H groups in total. The summed E-state index contributed by atoms with van der Waals surface area (Å²) < 4.78 is 0. The van der Waals surface area contributed by atoms with Gasteiger partial charge in [-0.25, -0.2) is 0 Å². The maximum atomic E-state index is 5.35. The number of hydrogen-bond acceptors (Lipinski definition) is 0. The van der Waals surface area contributed by atoms with Gasteiger partial charge in [0.15, 0.2) is 0 Å². The smallest absolute Gasteiger partial charge is 0.0676 e. The van der Waals surface area contributed by atoms with Crippen LogP contribution in [0.15, 0.2) is 139 Å². The first-order chi connectivity index (χ1) is 19.6. The van der Waals surface area contributed by atoms with Gasteiger partial charge in [0.1, 0.15) is 0 Å². The molecule has 2 aliphatic rings. The molecule has 6 rings (SSSR count). The fourth-order valence-electron chi connectivity index (χ4n) is 6.74. The van der Waals surface area contributed by atoms with Crippen LogP contribution < -0.4 is 0 Å². The van der Waals surface area contributed by atoms with E-state index in [2.05, 4.69) is 135 Å². The highest BCUT2D eigenvalue weighted by molar-refractivity contribution is 5.90. The molecule has 0 radical (unpaired) electrons. The second kappa shape index (κ2) is 10.9. The number of rotatable bonds is 6. The third-order valence-electron chi connectivity index (χ3n) is 8.57. The van der Waals surface area contributed by atoms with Gasteiger partial charge < -0.3 is 0 Å². The SMILES string of the molecule is C#C/C=C\C=C(\C)Cc1cccc(-c2ccc(C3(c4ccccc4)C4=C(C=CCC4)c4ccccc43)cc2)c1C. The largest absolute Gasteiger partial charge is 0.115 e. The summed E-state index contributed by atoms with van der Waals surface area (Å²) in [5.41, 5.74) is 14.6. The van der Waals surface area contributed by atoms with E-state index in [9.17, 15) is 0 Å². The maximum absolute atomic E-state index is 5.35. The zero-order valence-corrected chi connectivity index (χ0v) is 23.3. The Morgan fingerprint density at radius 3 is 2.38 bits per heavy atom. The van der Waals surface area contributed by atoms with Crippen molar-refractivity contribution >= 4 is 5.57 Å². The van der Waals surface area contributed by atoms with E-state index >= 15 is 0 Å². The van der Waals surface area contributed by atoms with E-state index in [1.54, 1.807) is 6.08 Å². The van der Waals surface area contributed by atoms with Crippen LogP contribution in [0.4, 0.5) is 0 Å². The minimum atomic E-state index is -0.277. The Morgan fingerprint density at radius 2 is 1.57 bits per heavy atom. The van der Waals surface area contributed by atoms with Crippen LogP contribution in [0.3, 0.4) is 0 Å². The van der Waals surface area contributed by atoms with Gasteiger partial charge in [-0.15, -0.1) is 6.42 Å². The maximum Gasteiger partial charge on any atom is 0.0676 e. The number of benzene rings is 4. The molecule has 4 aromatic rings. The average Bonchev–Trinajstić information content (AvgIpc) is 3.30. The van der Waals surface area contributed by atoms with Crippen molar-refractivity contribution in [3.05, 3.63) is 172 Å². The van der Waals surface area contributed by atoms with Gasteiger partial charge in [-0.1, -0.05) is 133 Å². The Morgan fingerprint density at radius 1 is 0.850 bits per heavy atom. The molecule has 40 heavy (non-hydrogen) atoms. The lowest BCUT2D eigenvalue weighted by Gasteiger charge is -2.36. The van der Waals surface area contributed by atoms with Crippen LogP contribution in [0.2, 0.25) is 0 Å². The van der Waals surface area contributed by atoms with Gasteiger partial charge in [-0.2, -0.15) is 0 Å². The zero-order valence-electron chi connectivity index (χ0n) is 23.3. The molecule has 2 aliphatic carbocycles. The molecule has 0 heteroatoms. The van der Waals surface area contributed by atoms with Crippen molar-refractivity contribution in [3.63, 3.8) is 0 Å². The van der Waals surface area contributed by atoms with E-state index in [0.717, 1.165) is 19.3 Å². The Kier molecular flexibility index (Phi) is 6.98. The molecule has 1 unspecified atom stereocenters. The molecule has 0 spiro atoms. The minimum absolute atomic E-state index is 0.277. The third kappa shape index (κ3) is 4.29. The lowest BCUT2D eigenvalue weighted by molar-refractivity contribution is 0.696. The van der Waals surface area contributed by atoms with Crippen LogP contribution >= 0.6 is 0 Å². The van der Waals surface area contributed by atoms with Crippen molar-refractivity contribution in [2.45, 2.75) is 38.5 Å². The monoisotopic (exact) mass is 514 g/mol. The highest BCUT2D eigenvalue weighted by Gasteiger charge is 2.47. The summed E-state index contributed by atoms with van der Waals surface area (Å²) in [6.45, 7) is 4.40. The Hall–Kier alpha value is -4.60. The number of allylic oxidation sites excluding steroid dienone is 8. The standard InChI is InChI=1S/C40H34/c1-4-5-7-15-29(2)28-32-16-14-21-35(30(32)3)31-24-26-34(27-25-31)40(33-17-8-6-9-18-33)38-22-12-10-19-36(38)37-20-11-13-23-39(37)40/h1,5-12,14-22,24-27H,13,23,28H2,2-3H3/b7-5-,29-15-. The van der Waals surface area contributed by atoms with Crippen LogP contribution in [0.5, 0.6) is 0 Å². The molecule has 0 amide bonds. The van der Waals surface area contributed by atoms with Gasteiger partial charge >= 0.3 is 0 Å². The molecule has 194 valence electrons. The van der Waals surface area contributed by atoms with Crippen LogP contribution in [0.25, 0.3) is 16.7 Å². The third-order valence-corrected chi connectivity index (χ3v) is 8.57. The van der Waals surface area contributed by atoms with Gasteiger partial charge in [0.2, 0.25) is 0 Å². The molecular weight excluding hydrogens is 480 g/mol. The molecule has 4 aromatic carbocycles. The summed E-state index contributed by atoms with van der Waals surface area (Å²) in [5.74, 6) is 2.56. The van der Waals surface area contributed by atoms with E-state index in [0.29, 0.717) is 0 Å². The van der Waals surface area contributed by atoms with E-state index in [4.69, 9.17) is 6.42 Å². The van der Waals surface area contributed by atoms with Gasteiger partial charge in [0, 0.05) is 0 Å². The van der Waals surface area contributed by atoms with E-state index < -0.39 is 0 Å². The average molecular weight is 515 g/mol. The van der Waals surface area contributed by atoms with Gasteiger partial charge in [0.25, 0.3) is 0 Å². The van der Waals surface area contributed by atoms with Gasteiger partial charge in [0.05, 0.1) is 5.41 Å². The molecule has 0 heterocycles. The summed E-state index contributed by atoms with van der Waals surface area (Å²) in [6, 6.07) is 36.1. The first-order valence-corrected chi connectivity index (χ1v) is 14.2. The van der Waals surface area contributed by atoms with Crippen molar-refractivity contribution in [1.29, 1.82) is 0 Å². The number of hydrogen-bond donors (Lipinski definition) is 0. The van der Waals surface area contributed by atoms with E-state index in [1.165, 1.54) is 61.2 Å². The Bertz CT molecular complexity index is 1720. The normalized spacial score (nSPS) is 18.1. The van der Waals surface area contributed by atoms with Crippen LogP contribution in [0, 0.1) is 19.3 Å². The molecule has 0 saturated heterocycles. The summed E-state index contributed by atoms with van der Waals surface area (Å²) >= 11 is 0. The summed E-state index contributed by atoms with van der Waals surface area (Å²) in [4.78, 5) is 0. The van der Waals surface area contributed by atoms with Crippen molar-refractivity contribution in [1.82, 2.24) is 0 Å². The van der Waals surface area contributed by atoms with E-state index in [1.807, 2.05) is 6.08 Å². The van der Waals surface area contributed by atoms with Gasteiger partial charge in [-0.3, -0.25) is 0 Å².